The zero-order valence-corrected chi connectivity index (χ0v) is 18.2. The summed E-state index contributed by atoms with van der Waals surface area (Å²) >= 11 is 0. The molecule has 6 heteroatoms. The Morgan fingerprint density at radius 1 is 0.900 bits per heavy atom. The van der Waals surface area contributed by atoms with Crippen LogP contribution in [0.5, 0.6) is 0 Å². The summed E-state index contributed by atoms with van der Waals surface area (Å²) < 4.78 is 26.0. The summed E-state index contributed by atoms with van der Waals surface area (Å²) in [6.45, 7) is 3.53. The molecule has 0 aliphatic heterocycles. The molecule has 3 rings (SSSR count). The normalized spacial score (nSPS) is 12.2. The summed E-state index contributed by atoms with van der Waals surface area (Å²) in [5, 5.41) is 3.02. The molecule has 3 aromatic carbocycles. The third-order valence-electron chi connectivity index (χ3n) is 4.89. The van der Waals surface area contributed by atoms with Gasteiger partial charge in [0.2, 0.25) is 15.9 Å². The van der Waals surface area contributed by atoms with Crippen LogP contribution in [-0.2, 0) is 14.8 Å². The molecule has 0 aliphatic carbocycles. The molecule has 0 aliphatic rings. The highest BCUT2D eigenvalue weighted by Gasteiger charge is 2.24. The number of carbonyl (C=O) groups excluding carboxylic acids is 1. The van der Waals surface area contributed by atoms with Crippen LogP contribution >= 0.6 is 0 Å². The molecule has 0 fully saturated rings. The lowest BCUT2D eigenvalue weighted by molar-refractivity contribution is -0.120. The van der Waals surface area contributed by atoms with Crippen molar-refractivity contribution in [1.29, 1.82) is 0 Å². The summed E-state index contributed by atoms with van der Waals surface area (Å²) in [7, 11) is -3.63. The SMILES string of the molecule is Cc1cccc(C(NC(=O)CN(c2ccccc2C)S(C)(=O)=O)c2ccccc2)c1. The fourth-order valence-electron chi connectivity index (χ4n) is 3.42. The first-order valence-corrected chi connectivity index (χ1v) is 11.5. The van der Waals surface area contributed by atoms with E-state index in [1.165, 1.54) is 0 Å². The van der Waals surface area contributed by atoms with E-state index in [1.54, 1.807) is 12.1 Å². The van der Waals surface area contributed by atoms with Crippen LogP contribution in [0.25, 0.3) is 0 Å². The van der Waals surface area contributed by atoms with Crippen LogP contribution in [0.2, 0.25) is 0 Å². The number of anilines is 1. The number of para-hydroxylation sites is 1. The van der Waals surface area contributed by atoms with Crippen LogP contribution in [0, 0.1) is 13.8 Å². The van der Waals surface area contributed by atoms with Crippen molar-refractivity contribution >= 4 is 21.6 Å². The molecule has 30 heavy (non-hydrogen) atoms. The smallest absolute Gasteiger partial charge is 0.241 e. The largest absolute Gasteiger partial charge is 0.344 e. The summed E-state index contributed by atoms with van der Waals surface area (Å²) in [6.07, 6.45) is 1.11. The lowest BCUT2D eigenvalue weighted by Gasteiger charge is -2.26. The van der Waals surface area contributed by atoms with Crippen LogP contribution in [0.4, 0.5) is 5.69 Å². The number of hydrogen-bond donors (Lipinski definition) is 1. The van der Waals surface area contributed by atoms with Crippen LogP contribution < -0.4 is 9.62 Å². The first-order valence-electron chi connectivity index (χ1n) is 9.70. The molecular weight excluding hydrogens is 396 g/mol. The molecule has 1 amide bonds. The van der Waals surface area contributed by atoms with Crippen molar-refractivity contribution in [3.05, 3.63) is 101 Å². The minimum Gasteiger partial charge on any atom is -0.344 e. The second-order valence-electron chi connectivity index (χ2n) is 7.38. The summed E-state index contributed by atoms with van der Waals surface area (Å²) in [5.74, 6) is -0.376. The van der Waals surface area contributed by atoms with Gasteiger partial charge in [0.05, 0.1) is 18.0 Å². The van der Waals surface area contributed by atoms with Gasteiger partial charge >= 0.3 is 0 Å². The van der Waals surface area contributed by atoms with Gasteiger partial charge in [0.1, 0.15) is 6.54 Å². The Morgan fingerprint density at radius 3 is 2.17 bits per heavy atom. The van der Waals surface area contributed by atoms with E-state index in [4.69, 9.17) is 0 Å². The molecule has 3 aromatic rings. The number of amides is 1. The van der Waals surface area contributed by atoms with Crippen LogP contribution in [0.3, 0.4) is 0 Å². The average molecular weight is 423 g/mol. The average Bonchev–Trinajstić information content (AvgIpc) is 2.71. The van der Waals surface area contributed by atoms with Crippen LogP contribution in [0.1, 0.15) is 28.3 Å². The molecule has 156 valence electrons. The van der Waals surface area contributed by atoms with Crippen molar-refractivity contribution in [1.82, 2.24) is 5.32 Å². The van der Waals surface area contributed by atoms with Gasteiger partial charge in [-0.2, -0.15) is 0 Å². The first-order chi connectivity index (χ1) is 14.3. The minimum absolute atomic E-state index is 0.293. The van der Waals surface area contributed by atoms with Crippen molar-refractivity contribution in [3.8, 4) is 0 Å². The Labute approximate surface area is 178 Å². The number of rotatable bonds is 7. The van der Waals surface area contributed by atoms with E-state index >= 15 is 0 Å². The fraction of sp³-hybridized carbons (Fsp3) is 0.208. The molecule has 5 nitrogen and oxygen atoms in total. The Morgan fingerprint density at radius 2 is 1.53 bits per heavy atom. The maximum atomic E-state index is 13.0. The van der Waals surface area contributed by atoms with E-state index in [1.807, 2.05) is 80.6 Å². The van der Waals surface area contributed by atoms with E-state index in [9.17, 15) is 13.2 Å². The predicted octanol–water partition coefficient (Wildman–Crippen LogP) is 3.98. The van der Waals surface area contributed by atoms with Crippen molar-refractivity contribution in [2.75, 3.05) is 17.1 Å². The number of carbonyl (C=O) groups is 1. The molecule has 1 unspecified atom stereocenters. The standard InChI is InChI=1S/C24H26N2O3S/c1-18-10-9-14-21(16-18)24(20-12-5-4-6-13-20)25-23(27)17-26(30(3,28)29)22-15-8-7-11-19(22)2/h4-16,24H,17H2,1-3H3,(H,25,27). The highest BCUT2D eigenvalue weighted by Crippen LogP contribution is 2.24. The Hall–Kier alpha value is -3.12. The zero-order chi connectivity index (χ0) is 21.7. The Bertz CT molecular complexity index is 1130. The van der Waals surface area contributed by atoms with E-state index in [0.29, 0.717) is 5.69 Å². The number of nitrogens with one attached hydrogen (secondary N) is 1. The molecule has 0 spiro atoms. The van der Waals surface area contributed by atoms with Crippen molar-refractivity contribution in [2.24, 2.45) is 0 Å². The van der Waals surface area contributed by atoms with E-state index in [-0.39, 0.29) is 18.5 Å². The summed E-state index contributed by atoms with van der Waals surface area (Å²) in [5.41, 5.74) is 4.24. The van der Waals surface area contributed by atoms with E-state index in [2.05, 4.69) is 5.32 Å². The third-order valence-corrected chi connectivity index (χ3v) is 6.01. The maximum absolute atomic E-state index is 13.0. The van der Waals surface area contributed by atoms with Crippen molar-refractivity contribution < 1.29 is 13.2 Å². The molecule has 0 radical (unpaired) electrons. The molecular formula is C24H26N2O3S. The van der Waals surface area contributed by atoms with Crippen molar-refractivity contribution in [2.45, 2.75) is 19.9 Å². The van der Waals surface area contributed by atoms with Gasteiger partial charge in [-0.1, -0.05) is 78.4 Å². The van der Waals surface area contributed by atoms with Gasteiger partial charge in [0.25, 0.3) is 0 Å². The predicted molar refractivity (Wildman–Crippen MR) is 121 cm³/mol. The molecule has 1 atom stereocenters. The number of benzene rings is 3. The zero-order valence-electron chi connectivity index (χ0n) is 17.4. The molecule has 0 aromatic heterocycles. The molecule has 0 saturated carbocycles. The van der Waals surface area contributed by atoms with Crippen LogP contribution in [-0.4, -0.2) is 27.1 Å². The topological polar surface area (TPSA) is 66.5 Å². The van der Waals surface area contributed by atoms with Gasteiger partial charge in [0, 0.05) is 0 Å². The Kier molecular flexibility index (Phi) is 6.57. The number of aryl methyl sites for hydroxylation is 2. The second kappa shape index (κ2) is 9.13. The highest BCUT2D eigenvalue weighted by atomic mass is 32.2. The summed E-state index contributed by atoms with van der Waals surface area (Å²) in [4.78, 5) is 13.0. The highest BCUT2D eigenvalue weighted by molar-refractivity contribution is 7.92. The first kappa shape index (κ1) is 21.6. The fourth-order valence-corrected chi connectivity index (χ4v) is 4.33. The minimum atomic E-state index is -3.63. The van der Waals surface area contributed by atoms with Crippen molar-refractivity contribution in [3.63, 3.8) is 0 Å². The maximum Gasteiger partial charge on any atom is 0.241 e. The molecule has 0 saturated heterocycles. The lowest BCUT2D eigenvalue weighted by Crippen LogP contribution is -2.42. The third kappa shape index (κ3) is 5.27. The van der Waals surface area contributed by atoms with Gasteiger partial charge in [-0.15, -0.1) is 0 Å². The van der Waals surface area contributed by atoms with Gasteiger partial charge in [-0.05, 0) is 36.6 Å². The van der Waals surface area contributed by atoms with E-state index in [0.717, 1.165) is 32.8 Å². The summed E-state index contributed by atoms with van der Waals surface area (Å²) in [6, 6.07) is 24.3. The number of sulfonamides is 1. The van der Waals surface area contributed by atoms with Crippen LogP contribution in [0.15, 0.2) is 78.9 Å². The quantitative estimate of drug-likeness (QED) is 0.626. The Balaban J connectivity index is 1.91. The number of nitrogens with zero attached hydrogens (tertiary/aromatic N) is 1. The second-order valence-corrected chi connectivity index (χ2v) is 9.29. The molecule has 1 N–H and O–H groups in total. The molecule has 0 heterocycles. The lowest BCUT2D eigenvalue weighted by atomic mass is 9.97. The van der Waals surface area contributed by atoms with Gasteiger partial charge in [0.15, 0.2) is 0 Å². The number of hydrogen-bond acceptors (Lipinski definition) is 3. The van der Waals surface area contributed by atoms with E-state index < -0.39 is 10.0 Å². The van der Waals surface area contributed by atoms with Gasteiger partial charge in [-0.25, -0.2) is 8.42 Å². The monoisotopic (exact) mass is 422 g/mol. The van der Waals surface area contributed by atoms with Gasteiger partial charge < -0.3 is 5.32 Å². The van der Waals surface area contributed by atoms with Gasteiger partial charge in [-0.3, -0.25) is 9.10 Å². The molecule has 0 bridgehead atoms.